The number of nitrogens with zero attached hydrogens (tertiary/aromatic N) is 2. The number of halogens is 4. The van der Waals surface area contributed by atoms with Gasteiger partial charge < -0.3 is 19.9 Å². The van der Waals surface area contributed by atoms with Crippen molar-refractivity contribution >= 4 is 29.0 Å². The minimum absolute atomic E-state index is 0.0683. The van der Waals surface area contributed by atoms with Crippen molar-refractivity contribution in [1.82, 2.24) is 9.97 Å². The van der Waals surface area contributed by atoms with E-state index in [1.165, 1.54) is 18.3 Å². The lowest BCUT2D eigenvalue weighted by atomic mass is 10.1. The zero-order valence-electron chi connectivity index (χ0n) is 15.0. The molecule has 0 aliphatic carbocycles. The summed E-state index contributed by atoms with van der Waals surface area (Å²) in [7, 11) is 1.64. The molecule has 0 atom stereocenters. The molecule has 3 heterocycles. The number of ether oxygens (including phenoxy) is 3. The van der Waals surface area contributed by atoms with E-state index < -0.39 is 6.29 Å². The number of pyridine rings is 2. The number of nitrogens with two attached hydrogens (primary N) is 1. The van der Waals surface area contributed by atoms with Gasteiger partial charge in [0.25, 0.3) is 0 Å². The van der Waals surface area contributed by atoms with Crippen molar-refractivity contribution in [2.45, 2.75) is 12.9 Å². The molecule has 0 saturated carbocycles. The maximum Gasteiger partial charge on any atom is 0.586 e. The molecule has 152 valence electrons. The van der Waals surface area contributed by atoms with E-state index >= 15 is 0 Å². The lowest BCUT2D eigenvalue weighted by molar-refractivity contribution is -0.286. The number of hydrogen-bond donors (Lipinski definition) is 1. The second-order valence-corrected chi connectivity index (χ2v) is 6.63. The highest BCUT2D eigenvalue weighted by Crippen LogP contribution is 2.45. The molecule has 0 fully saturated rings. The molecule has 6 nitrogen and oxygen atoms in total. The zero-order valence-corrected chi connectivity index (χ0v) is 16.5. The van der Waals surface area contributed by atoms with Gasteiger partial charge in [0.05, 0.1) is 16.7 Å². The summed E-state index contributed by atoms with van der Waals surface area (Å²) in [5, 5.41) is 0.913. The van der Waals surface area contributed by atoms with Crippen molar-refractivity contribution in [3.05, 3.63) is 64.5 Å². The van der Waals surface area contributed by atoms with E-state index in [0.717, 1.165) is 5.56 Å². The van der Waals surface area contributed by atoms with Crippen LogP contribution in [0.2, 0.25) is 10.0 Å². The van der Waals surface area contributed by atoms with Gasteiger partial charge in [-0.15, -0.1) is 8.78 Å². The van der Waals surface area contributed by atoms with Gasteiger partial charge in [-0.3, -0.25) is 4.98 Å². The number of fused-ring (bicyclic) bond motifs is 1. The van der Waals surface area contributed by atoms with E-state index in [0.29, 0.717) is 28.6 Å². The van der Waals surface area contributed by atoms with Crippen LogP contribution < -0.4 is 15.2 Å². The van der Waals surface area contributed by atoms with E-state index in [9.17, 15) is 8.78 Å². The normalized spacial score (nSPS) is 13.6. The van der Waals surface area contributed by atoms with Gasteiger partial charge in [-0.25, -0.2) is 4.98 Å². The molecule has 0 spiro atoms. The summed E-state index contributed by atoms with van der Waals surface area (Å²) in [6.07, 6.45) is 1.14. The molecule has 4 rings (SSSR count). The summed E-state index contributed by atoms with van der Waals surface area (Å²) in [6, 6.07) is 7.77. The Balaban J connectivity index is 0.000000204. The van der Waals surface area contributed by atoms with Crippen molar-refractivity contribution < 1.29 is 23.0 Å². The largest absolute Gasteiger partial charge is 0.586 e. The molecule has 0 bridgehead atoms. The Kier molecular flexibility index (Phi) is 6.36. The van der Waals surface area contributed by atoms with Crippen molar-refractivity contribution in [3.63, 3.8) is 0 Å². The van der Waals surface area contributed by atoms with E-state index in [-0.39, 0.29) is 16.5 Å². The first kappa shape index (κ1) is 21.0. The lowest BCUT2D eigenvalue weighted by Gasteiger charge is -2.05. The zero-order chi connectivity index (χ0) is 21.0. The average molecular weight is 442 g/mol. The number of benzene rings is 1. The Labute approximate surface area is 175 Å². The highest BCUT2D eigenvalue weighted by atomic mass is 35.5. The fourth-order valence-electron chi connectivity index (χ4n) is 2.43. The predicted molar refractivity (Wildman–Crippen MR) is 105 cm³/mol. The third kappa shape index (κ3) is 5.23. The summed E-state index contributed by atoms with van der Waals surface area (Å²) in [5.74, 6) is 0.190. The first-order valence-electron chi connectivity index (χ1n) is 8.17. The van der Waals surface area contributed by atoms with Gasteiger partial charge in [0, 0.05) is 42.9 Å². The molecule has 0 unspecified atom stereocenters. The van der Waals surface area contributed by atoms with E-state index in [4.69, 9.17) is 33.7 Å². The molecule has 29 heavy (non-hydrogen) atoms. The number of methoxy groups -OCH3 is 1. The summed E-state index contributed by atoms with van der Waals surface area (Å²) in [4.78, 5) is 7.76. The topological polar surface area (TPSA) is 79.5 Å². The highest BCUT2D eigenvalue weighted by Gasteiger charge is 2.43. The molecule has 1 aromatic carbocycles. The minimum atomic E-state index is -3.66. The monoisotopic (exact) mass is 441 g/mol. The number of rotatable bonds is 3. The standard InChI is InChI=1S/C12H7ClF2N2O2.C7H8ClNO/c13-8-4-10-9(18-12(14,15)19-10)3-7(8)6-1-2-11(16)17-5-6;1-10-5-6-2-3-9-4-7(6)8/h1-5H,(H2,16,17);2-4H,5H2,1H3. The first-order valence-corrected chi connectivity index (χ1v) is 8.93. The van der Waals surface area contributed by atoms with Crippen LogP contribution in [-0.2, 0) is 11.3 Å². The number of anilines is 1. The summed E-state index contributed by atoms with van der Waals surface area (Å²) >= 11 is 11.8. The van der Waals surface area contributed by atoms with Crippen LogP contribution in [0, 0.1) is 0 Å². The molecule has 2 N–H and O–H groups in total. The fourth-order valence-corrected chi connectivity index (χ4v) is 2.87. The maximum absolute atomic E-state index is 12.9. The minimum Gasteiger partial charge on any atom is -0.395 e. The van der Waals surface area contributed by atoms with Gasteiger partial charge in [0.15, 0.2) is 11.5 Å². The van der Waals surface area contributed by atoms with E-state index in [1.54, 1.807) is 31.6 Å². The van der Waals surface area contributed by atoms with Gasteiger partial charge in [-0.2, -0.15) is 0 Å². The van der Waals surface area contributed by atoms with Gasteiger partial charge in [-0.1, -0.05) is 23.2 Å². The first-order chi connectivity index (χ1) is 13.8. The number of alkyl halides is 2. The number of aromatic nitrogens is 2. The quantitative estimate of drug-likeness (QED) is 0.602. The van der Waals surface area contributed by atoms with Crippen molar-refractivity contribution in [2.75, 3.05) is 12.8 Å². The second-order valence-electron chi connectivity index (χ2n) is 5.82. The summed E-state index contributed by atoms with van der Waals surface area (Å²) in [6.45, 7) is 0.543. The van der Waals surface area contributed by atoms with Crippen LogP contribution in [0.15, 0.2) is 48.9 Å². The van der Waals surface area contributed by atoms with Crippen molar-refractivity contribution in [2.24, 2.45) is 0 Å². The van der Waals surface area contributed by atoms with Gasteiger partial charge in [-0.05, 0) is 29.8 Å². The molecule has 0 amide bonds. The SMILES string of the molecule is COCc1ccncc1Cl.Nc1ccc(-c2cc3c(cc2Cl)OC(F)(F)O3)cn1. The Morgan fingerprint density at radius 2 is 1.79 bits per heavy atom. The molecule has 0 saturated heterocycles. The number of hydrogen-bond acceptors (Lipinski definition) is 6. The Hall–Kier alpha value is -2.68. The molecule has 1 aliphatic rings. The fraction of sp³-hybridized carbons (Fsp3) is 0.158. The van der Waals surface area contributed by atoms with Crippen LogP contribution in [0.25, 0.3) is 11.1 Å². The third-order valence-corrected chi connectivity index (χ3v) is 4.40. The highest BCUT2D eigenvalue weighted by molar-refractivity contribution is 6.33. The lowest BCUT2D eigenvalue weighted by Crippen LogP contribution is -2.25. The van der Waals surface area contributed by atoms with E-state index in [1.807, 2.05) is 6.07 Å². The van der Waals surface area contributed by atoms with Crippen LogP contribution in [0.4, 0.5) is 14.6 Å². The average Bonchev–Trinajstić information content (AvgIpc) is 2.97. The predicted octanol–water partition coefficient (Wildman–Crippen LogP) is 5.19. The third-order valence-electron chi connectivity index (χ3n) is 3.74. The maximum atomic E-state index is 12.9. The van der Waals surface area contributed by atoms with Crippen molar-refractivity contribution in [1.29, 1.82) is 0 Å². The second kappa shape index (κ2) is 8.77. The molecule has 1 aliphatic heterocycles. The van der Waals surface area contributed by atoms with Crippen LogP contribution >= 0.6 is 23.2 Å². The Bertz CT molecular complexity index is 1000. The Morgan fingerprint density at radius 1 is 1.07 bits per heavy atom. The molecule has 3 aromatic rings. The smallest absolute Gasteiger partial charge is 0.395 e. The number of nitrogen functional groups attached to an aromatic ring is 1. The molecule has 10 heteroatoms. The van der Waals surface area contributed by atoms with Crippen LogP contribution in [0.3, 0.4) is 0 Å². The molecule has 2 aromatic heterocycles. The van der Waals surface area contributed by atoms with Crippen molar-refractivity contribution in [3.8, 4) is 22.6 Å². The molecular formula is C19H15Cl2F2N3O3. The van der Waals surface area contributed by atoms with Gasteiger partial charge >= 0.3 is 6.29 Å². The molecule has 0 radical (unpaired) electrons. The van der Waals surface area contributed by atoms with E-state index in [2.05, 4.69) is 19.4 Å². The summed E-state index contributed by atoms with van der Waals surface area (Å²) in [5.41, 5.74) is 7.60. The van der Waals surface area contributed by atoms with Crippen LogP contribution in [0.5, 0.6) is 11.5 Å². The van der Waals surface area contributed by atoms with Gasteiger partial charge in [0.2, 0.25) is 0 Å². The Morgan fingerprint density at radius 3 is 2.41 bits per heavy atom. The van der Waals surface area contributed by atoms with Crippen LogP contribution in [-0.4, -0.2) is 23.4 Å². The summed E-state index contributed by atoms with van der Waals surface area (Å²) < 4.78 is 39.5. The van der Waals surface area contributed by atoms with Gasteiger partial charge in [0.1, 0.15) is 5.82 Å². The molecular weight excluding hydrogens is 427 g/mol. The van der Waals surface area contributed by atoms with Crippen LogP contribution in [0.1, 0.15) is 5.56 Å².